The number of halogens is 2. The Hall–Kier alpha value is -1.99. The van der Waals surface area contributed by atoms with Gasteiger partial charge >= 0.3 is 6.61 Å². The standard InChI is InChI=1S/C14H17F2N3O2/c1-20-7-6-17-8-11-9-18-19-13(11)10-2-4-12(5-3-10)21-14(15)16/h2-5,9,14,17H,6-8H2,1H3,(H,18,19). The summed E-state index contributed by atoms with van der Waals surface area (Å²) >= 11 is 0. The lowest BCUT2D eigenvalue weighted by atomic mass is 10.1. The molecule has 0 aliphatic rings. The zero-order chi connectivity index (χ0) is 15.1. The first-order valence-electron chi connectivity index (χ1n) is 6.48. The maximum Gasteiger partial charge on any atom is 0.387 e. The molecule has 0 saturated carbocycles. The van der Waals surface area contributed by atoms with E-state index in [0.29, 0.717) is 13.2 Å². The van der Waals surface area contributed by atoms with Gasteiger partial charge in [0.1, 0.15) is 5.75 Å². The minimum absolute atomic E-state index is 0.132. The summed E-state index contributed by atoms with van der Waals surface area (Å²) in [6.07, 6.45) is 1.73. The van der Waals surface area contributed by atoms with Crippen molar-refractivity contribution in [2.45, 2.75) is 13.2 Å². The summed E-state index contributed by atoms with van der Waals surface area (Å²) in [5, 5.41) is 10.2. The first kappa shape index (κ1) is 15.4. The monoisotopic (exact) mass is 297 g/mol. The van der Waals surface area contributed by atoms with Crippen LogP contribution in [0.5, 0.6) is 5.75 Å². The summed E-state index contributed by atoms with van der Waals surface area (Å²) in [6, 6.07) is 6.43. The first-order valence-corrected chi connectivity index (χ1v) is 6.48. The van der Waals surface area contributed by atoms with Crippen molar-refractivity contribution in [1.82, 2.24) is 15.5 Å². The van der Waals surface area contributed by atoms with Crippen LogP contribution in [0.1, 0.15) is 5.56 Å². The molecule has 7 heteroatoms. The molecule has 0 spiro atoms. The van der Waals surface area contributed by atoms with Gasteiger partial charge in [0.05, 0.1) is 18.5 Å². The van der Waals surface area contributed by atoms with Gasteiger partial charge in [0.25, 0.3) is 0 Å². The van der Waals surface area contributed by atoms with E-state index in [1.165, 1.54) is 12.1 Å². The second kappa shape index (κ2) is 7.70. The van der Waals surface area contributed by atoms with Crippen LogP contribution in [-0.4, -0.2) is 37.1 Å². The van der Waals surface area contributed by atoms with Crippen LogP contribution in [0.2, 0.25) is 0 Å². The van der Waals surface area contributed by atoms with Crippen molar-refractivity contribution in [1.29, 1.82) is 0 Å². The van der Waals surface area contributed by atoms with E-state index in [1.54, 1.807) is 25.4 Å². The van der Waals surface area contributed by atoms with E-state index >= 15 is 0 Å². The molecule has 0 aliphatic heterocycles. The molecular formula is C14H17F2N3O2. The second-order valence-corrected chi connectivity index (χ2v) is 4.34. The fourth-order valence-corrected chi connectivity index (χ4v) is 1.90. The number of aromatic nitrogens is 2. The van der Waals surface area contributed by atoms with Crippen molar-refractivity contribution in [3.63, 3.8) is 0 Å². The number of hydrogen-bond donors (Lipinski definition) is 2. The van der Waals surface area contributed by atoms with Gasteiger partial charge in [0.15, 0.2) is 0 Å². The number of aromatic amines is 1. The van der Waals surface area contributed by atoms with Crippen molar-refractivity contribution in [3.05, 3.63) is 36.0 Å². The summed E-state index contributed by atoms with van der Waals surface area (Å²) in [5.41, 5.74) is 2.70. The quantitative estimate of drug-likeness (QED) is 0.735. The van der Waals surface area contributed by atoms with Crippen molar-refractivity contribution in [3.8, 4) is 17.0 Å². The Labute approximate surface area is 121 Å². The molecule has 5 nitrogen and oxygen atoms in total. The molecule has 21 heavy (non-hydrogen) atoms. The van der Waals surface area contributed by atoms with Crippen LogP contribution in [0.3, 0.4) is 0 Å². The molecule has 0 aliphatic carbocycles. The highest BCUT2D eigenvalue weighted by molar-refractivity contribution is 5.63. The van der Waals surface area contributed by atoms with Gasteiger partial charge in [0.2, 0.25) is 0 Å². The van der Waals surface area contributed by atoms with Gasteiger partial charge in [-0.05, 0) is 24.3 Å². The summed E-state index contributed by atoms with van der Waals surface area (Å²) in [6.45, 7) is -0.803. The van der Waals surface area contributed by atoms with E-state index in [4.69, 9.17) is 4.74 Å². The third-order valence-electron chi connectivity index (χ3n) is 2.88. The van der Waals surface area contributed by atoms with Gasteiger partial charge in [-0.25, -0.2) is 0 Å². The Morgan fingerprint density at radius 1 is 1.29 bits per heavy atom. The zero-order valence-corrected chi connectivity index (χ0v) is 11.6. The van der Waals surface area contributed by atoms with Gasteiger partial charge in [0, 0.05) is 31.3 Å². The molecule has 0 fully saturated rings. The highest BCUT2D eigenvalue weighted by Crippen LogP contribution is 2.24. The van der Waals surface area contributed by atoms with Crippen LogP contribution in [0.15, 0.2) is 30.5 Å². The van der Waals surface area contributed by atoms with Gasteiger partial charge in [-0.3, -0.25) is 5.10 Å². The van der Waals surface area contributed by atoms with Gasteiger partial charge in [-0.1, -0.05) is 0 Å². The number of nitrogens with one attached hydrogen (secondary N) is 2. The lowest BCUT2D eigenvalue weighted by Gasteiger charge is -2.07. The first-order chi connectivity index (χ1) is 10.2. The van der Waals surface area contributed by atoms with E-state index in [0.717, 1.165) is 23.4 Å². The van der Waals surface area contributed by atoms with Crippen molar-refractivity contribution >= 4 is 0 Å². The van der Waals surface area contributed by atoms with Gasteiger partial charge < -0.3 is 14.8 Å². The van der Waals surface area contributed by atoms with Crippen LogP contribution in [-0.2, 0) is 11.3 Å². The number of rotatable bonds is 8. The molecular weight excluding hydrogens is 280 g/mol. The molecule has 0 unspecified atom stereocenters. The molecule has 0 bridgehead atoms. The number of hydrogen-bond acceptors (Lipinski definition) is 4. The van der Waals surface area contributed by atoms with Crippen LogP contribution in [0, 0.1) is 0 Å². The average molecular weight is 297 g/mol. The average Bonchev–Trinajstić information content (AvgIpc) is 2.92. The molecule has 1 aromatic carbocycles. The largest absolute Gasteiger partial charge is 0.435 e. The molecule has 0 saturated heterocycles. The van der Waals surface area contributed by atoms with Gasteiger partial charge in [-0.15, -0.1) is 0 Å². The van der Waals surface area contributed by atoms with E-state index in [9.17, 15) is 8.78 Å². The molecule has 0 atom stereocenters. The molecule has 0 radical (unpaired) electrons. The van der Waals surface area contributed by atoms with Crippen LogP contribution in [0.4, 0.5) is 8.78 Å². The van der Waals surface area contributed by atoms with E-state index in [2.05, 4.69) is 20.3 Å². The summed E-state index contributed by atoms with van der Waals surface area (Å²) in [7, 11) is 1.65. The van der Waals surface area contributed by atoms with Crippen molar-refractivity contribution in [2.75, 3.05) is 20.3 Å². The van der Waals surface area contributed by atoms with E-state index in [1.807, 2.05) is 0 Å². The van der Waals surface area contributed by atoms with E-state index in [-0.39, 0.29) is 5.75 Å². The topological polar surface area (TPSA) is 59.2 Å². The number of alkyl halides is 2. The molecule has 1 heterocycles. The van der Waals surface area contributed by atoms with Crippen molar-refractivity contribution in [2.24, 2.45) is 0 Å². The molecule has 114 valence electrons. The fourth-order valence-electron chi connectivity index (χ4n) is 1.90. The smallest absolute Gasteiger partial charge is 0.387 e. The minimum Gasteiger partial charge on any atom is -0.435 e. The molecule has 1 aromatic heterocycles. The molecule has 2 rings (SSSR count). The Bertz CT molecular complexity index is 543. The highest BCUT2D eigenvalue weighted by Gasteiger charge is 2.09. The third-order valence-corrected chi connectivity index (χ3v) is 2.88. The predicted molar refractivity (Wildman–Crippen MR) is 74.2 cm³/mol. The highest BCUT2D eigenvalue weighted by atomic mass is 19.3. The van der Waals surface area contributed by atoms with Crippen LogP contribution in [0.25, 0.3) is 11.3 Å². The number of benzene rings is 1. The number of methoxy groups -OCH3 is 1. The fraction of sp³-hybridized carbons (Fsp3) is 0.357. The lowest BCUT2D eigenvalue weighted by molar-refractivity contribution is -0.0498. The molecule has 2 N–H and O–H groups in total. The molecule has 2 aromatic rings. The third kappa shape index (κ3) is 4.51. The normalized spacial score (nSPS) is 11.0. The summed E-state index contributed by atoms with van der Waals surface area (Å²) in [5.74, 6) is 0.132. The number of ether oxygens (including phenoxy) is 2. The number of nitrogens with zero attached hydrogens (tertiary/aromatic N) is 1. The lowest BCUT2D eigenvalue weighted by Crippen LogP contribution is -2.18. The maximum absolute atomic E-state index is 12.1. The number of H-pyrrole nitrogens is 1. The summed E-state index contributed by atoms with van der Waals surface area (Å²) in [4.78, 5) is 0. The van der Waals surface area contributed by atoms with Crippen molar-refractivity contribution < 1.29 is 18.3 Å². The Kier molecular flexibility index (Phi) is 5.65. The summed E-state index contributed by atoms with van der Waals surface area (Å²) < 4.78 is 33.5. The molecule has 0 amide bonds. The van der Waals surface area contributed by atoms with Crippen LogP contribution >= 0.6 is 0 Å². The minimum atomic E-state index is -2.82. The second-order valence-electron chi connectivity index (χ2n) is 4.34. The van der Waals surface area contributed by atoms with Crippen LogP contribution < -0.4 is 10.1 Å². The van der Waals surface area contributed by atoms with E-state index < -0.39 is 6.61 Å². The Balaban J connectivity index is 2.02. The predicted octanol–water partition coefficient (Wildman–Crippen LogP) is 2.41. The SMILES string of the molecule is COCCNCc1cn[nH]c1-c1ccc(OC(F)F)cc1. The van der Waals surface area contributed by atoms with Gasteiger partial charge in [-0.2, -0.15) is 13.9 Å². The maximum atomic E-state index is 12.1. The Morgan fingerprint density at radius 3 is 2.71 bits per heavy atom. The zero-order valence-electron chi connectivity index (χ0n) is 11.6. The Morgan fingerprint density at radius 2 is 2.05 bits per heavy atom.